The summed E-state index contributed by atoms with van der Waals surface area (Å²) in [5.74, 6) is -0.243. The summed E-state index contributed by atoms with van der Waals surface area (Å²) in [6.07, 6.45) is 2.11. The van der Waals surface area contributed by atoms with Gasteiger partial charge in [0.05, 0.1) is 8.45 Å². The molecule has 1 aromatic carbocycles. The zero-order chi connectivity index (χ0) is 14.8. The molecule has 108 valence electrons. The molecule has 1 saturated carbocycles. The lowest BCUT2D eigenvalue weighted by Crippen LogP contribution is -2.25. The highest BCUT2D eigenvalue weighted by molar-refractivity contribution is 14.1. The number of benzene rings is 1. The third-order valence-electron chi connectivity index (χ3n) is 3.12. The molecule has 1 aliphatic carbocycles. The molecule has 0 bridgehead atoms. The number of amides is 2. The van der Waals surface area contributed by atoms with E-state index in [0.717, 1.165) is 15.7 Å². The van der Waals surface area contributed by atoms with Crippen LogP contribution in [0, 0.1) is 2.88 Å². The molecule has 0 saturated heterocycles. The molecule has 0 atom stereocenters. The molecular weight excluding hydrogens is 399 g/mol. The Hall–Kier alpha value is -1.41. The lowest BCUT2D eigenvalue weighted by atomic mass is 10.2. The molecule has 2 N–H and O–H groups in total. The molecule has 0 unspecified atom stereocenters. The first-order chi connectivity index (χ1) is 10.1. The number of rotatable bonds is 4. The maximum absolute atomic E-state index is 12.1. The Labute approximate surface area is 140 Å². The monoisotopic (exact) mass is 412 g/mol. The smallest absolute Gasteiger partial charge is 0.256 e. The molecule has 1 aromatic heterocycles. The van der Waals surface area contributed by atoms with Gasteiger partial charge in [-0.3, -0.25) is 9.59 Å². The van der Waals surface area contributed by atoms with Crippen LogP contribution in [0.3, 0.4) is 0 Å². The molecule has 6 heteroatoms. The average molecular weight is 412 g/mol. The topological polar surface area (TPSA) is 58.2 Å². The number of thiophene rings is 1. The molecule has 0 spiro atoms. The zero-order valence-electron chi connectivity index (χ0n) is 11.1. The minimum absolute atomic E-state index is 0.0846. The largest absolute Gasteiger partial charge is 0.349 e. The number of anilines is 1. The van der Waals surface area contributed by atoms with Crippen LogP contribution in [0.2, 0.25) is 0 Å². The predicted octanol–water partition coefficient (Wildman–Crippen LogP) is 3.50. The summed E-state index contributed by atoms with van der Waals surface area (Å²) in [5, 5.41) is 7.58. The van der Waals surface area contributed by atoms with Crippen LogP contribution < -0.4 is 10.6 Å². The standard InChI is InChI=1S/C15H13IN2O2S/c16-13-7-10(8-21-13)15(20)18-12-3-1-2-9(6-12)14(19)17-11-4-5-11/h1-3,6-8,11H,4-5H2,(H,17,19)(H,18,20). The molecule has 2 aromatic rings. The molecule has 3 rings (SSSR count). The van der Waals surface area contributed by atoms with E-state index in [4.69, 9.17) is 0 Å². The van der Waals surface area contributed by atoms with E-state index in [1.165, 1.54) is 11.3 Å². The second-order valence-corrected chi connectivity index (χ2v) is 7.73. The Morgan fingerprint density at radius 1 is 1.14 bits per heavy atom. The van der Waals surface area contributed by atoms with Gasteiger partial charge in [0.2, 0.25) is 0 Å². The van der Waals surface area contributed by atoms with Crippen LogP contribution >= 0.6 is 33.9 Å². The van der Waals surface area contributed by atoms with Crippen molar-refractivity contribution in [3.8, 4) is 0 Å². The van der Waals surface area contributed by atoms with Crippen LogP contribution in [0.1, 0.15) is 33.6 Å². The summed E-state index contributed by atoms with van der Waals surface area (Å²) in [5.41, 5.74) is 1.83. The fourth-order valence-electron chi connectivity index (χ4n) is 1.87. The fraction of sp³-hybridized carbons (Fsp3) is 0.200. The van der Waals surface area contributed by atoms with Crippen molar-refractivity contribution in [2.24, 2.45) is 0 Å². The number of nitrogens with one attached hydrogen (secondary N) is 2. The summed E-state index contributed by atoms with van der Waals surface area (Å²) in [7, 11) is 0. The van der Waals surface area contributed by atoms with E-state index in [1.54, 1.807) is 24.3 Å². The van der Waals surface area contributed by atoms with Crippen LogP contribution in [0.4, 0.5) is 5.69 Å². The van der Waals surface area contributed by atoms with Crippen molar-refractivity contribution >= 4 is 51.4 Å². The van der Waals surface area contributed by atoms with Crippen LogP contribution in [0.5, 0.6) is 0 Å². The predicted molar refractivity (Wildman–Crippen MR) is 91.9 cm³/mol. The van der Waals surface area contributed by atoms with Crippen molar-refractivity contribution in [2.75, 3.05) is 5.32 Å². The minimum Gasteiger partial charge on any atom is -0.349 e. The molecule has 1 heterocycles. The normalized spacial score (nSPS) is 13.8. The van der Waals surface area contributed by atoms with Gasteiger partial charge in [0.15, 0.2) is 0 Å². The van der Waals surface area contributed by atoms with Crippen molar-refractivity contribution < 1.29 is 9.59 Å². The number of hydrogen-bond acceptors (Lipinski definition) is 3. The first-order valence-corrected chi connectivity index (χ1v) is 8.54. The highest BCUT2D eigenvalue weighted by atomic mass is 127. The van der Waals surface area contributed by atoms with Crippen LogP contribution in [-0.2, 0) is 0 Å². The van der Waals surface area contributed by atoms with Crippen molar-refractivity contribution in [2.45, 2.75) is 18.9 Å². The van der Waals surface area contributed by atoms with E-state index < -0.39 is 0 Å². The highest BCUT2D eigenvalue weighted by Gasteiger charge is 2.23. The molecule has 4 nitrogen and oxygen atoms in total. The summed E-state index contributed by atoms with van der Waals surface area (Å²) in [6, 6.07) is 9.17. The number of carbonyl (C=O) groups is 2. The second kappa shape index (κ2) is 6.15. The van der Waals surface area contributed by atoms with Crippen molar-refractivity contribution in [3.05, 3.63) is 49.7 Å². The zero-order valence-corrected chi connectivity index (χ0v) is 14.0. The summed E-state index contributed by atoms with van der Waals surface area (Å²) in [4.78, 5) is 24.1. The quantitative estimate of drug-likeness (QED) is 0.756. The first-order valence-electron chi connectivity index (χ1n) is 6.58. The Bertz CT molecular complexity index is 694. The van der Waals surface area contributed by atoms with Gasteiger partial charge in [0, 0.05) is 22.7 Å². The molecule has 1 aliphatic rings. The minimum atomic E-state index is -0.158. The van der Waals surface area contributed by atoms with Crippen LogP contribution in [0.25, 0.3) is 0 Å². The Morgan fingerprint density at radius 3 is 2.62 bits per heavy atom. The van der Waals surface area contributed by atoms with Gasteiger partial charge in [-0.2, -0.15) is 0 Å². The maximum atomic E-state index is 12.1. The summed E-state index contributed by atoms with van der Waals surface area (Å²) in [6.45, 7) is 0. The number of hydrogen-bond donors (Lipinski definition) is 2. The molecule has 1 fully saturated rings. The van der Waals surface area contributed by atoms with Gasteiger partial charge in [0.25, 0.3) is 11.8 Å². The summed E-state index contributed by atoms with van der Waals surface area (Å²) >= 11 is 3.71. The van der Waals surface area contributed by atoms with Gasteiger partial charge in [-0.1, -0.05) is 6.07 Å². The van der Waals surface area contributed by atoms with Gasteiger partial charge >= 0.3 is 0 Å². The summed E-state index contributed by atoms with van der Waals surface area (Å²) < 4.78 is 1.07. The van der Waals surface area contributed by atoms with E-state index in [0.29, 0.717) is 22.9 Å². The Morgan fingerprint density at radius 2 is 1.95 bits per heavy atom. The Balaban J connectivity index is 1.70. The third-order valence-corrected chi connectivity index (χ3v) is 4.91. The van der Waals surface area contributed by atoms with E-state index in [1.807, 2.05) is 11.4 Å². The molecule has 2 amide bonds. The van der Waals surface area contributed by atoms with Gasteiger partial charge < -0.3 is 10.6 Å². The maximum Gasteiger partial charge on any atom is 0.256 e. The molecule has 0 aliphatic heterocycles. The average Bonchev–Trinajstić information content (AvgIpc) is 3.17. The number of carbonyl (C=O) groups excluding carboxylic acids is 2. The lowest BCUT2D eigenvalue weighted by molar-refractivity contribution is 0.0949. The lowest BCUT2D eigenvalue weighted by Gasteiger charge is -2.07. The van der Waals surface area contributed by atoms with E-state index >= 15 is 0 Å². The van der Waals surface area contributed by atoms with Crippen molar-refractivity contribution in [1.82, 2.24) is 5.32 Å². The number of halogens is 1. The van der Waals surface area contributed by atoms with Crippen LogP contribution in [0.15, 0.2) is 35.7 Å². The Kier molecular flexibility index (Phi) is 4.25. The van der Waals surface area contributed by atoms with Crippen molar-refractivity contribution in [1.29, 1.82) is 0 Å². The fourth-order valence-corrected chi connectivity index (χ4v) is 3.19. The highest BCUT2D eigenvalue weighted by Crippen LogP contribution is 2.21. The van der Waals surface area contributed by atoms with Crippen LogP contribution in [-0.4, -0.2) is 17.9 Å². The van der Waals surface area contributed by atoms with Gasteiger partial charge in [-0.05, 0) is 59.7 Å². The van der Waals surface area contributed by atoms with Crippen molar-refractivity contribution in [3.63, 3.8) is 0 Å². The molecular formula is C15H13IN2O2S. The van der Waals surface area contributed by atoms with Gasteiger partial charge in [-0.25, -0.2) is 0 Å². The SMILES string of the molecule is O=C(Nc1cccc(C(=O)NC2CC2)c1)c1csc(I)c1. The molecule has 21 heavy (non-hydrogen) atoms. The molecule has 0 radical (unpaired) electrons. The third kappa shape index (κ3) is 3.82. The first kappa shape index (κ1) is 14.5. The second-order valence-electron chi connectivity index (χ2n) is 4.92. The van der Waals surface area contributed by atoms with Gasteiger partial charge in [-0.15, -0.1) is 11.3 Å². The van der Waals surface area contributed by atoms with Gasteiger partial charge in [0.1, 0.15) is 0 Å². The van der Waals surface area contributed by atoms with E-state index in [2.05, 4.69) is 33.2 Å². The van der Waals surface area contributed by atoms with E-state index in [-0.39, 0.29) is 11.8 Å². The van der Waals surface area contributed by atoms with E-state index in [9.17, 15) is 9.59 Å².